The van der Waals surface area contributed by atoms with Crippen molar-refractivity contribution in [3.8, 4) is 5.69 Å². The van der Waals surface area contributed by atoms with Gasteiger partial charge >= 0.3 is 0 Å². The minimum Gasteiger partial charge on any atom is -0.342 e. The average Bonchev–Trinajstić information content (AvgIpc) is 3.16. The van der Waals surface area contributed by atoms with Crippen molar-refractivity contribution in [2.75, 3.05) is 18.0 Å². The summed E-state index contributed by atoms with van der Waals surface area (Å²) < 4.78 is 28.8. The van der Waals surface area contributed by atoms with Gasteiger partial charge in [-0.2, -0.15) is 4.98 Å². The molecule has 3 heterocycles. The van der Waals surface area contributed by atoms with Crippen LogP contribution in [0.3, 0.4) is 0 Å². The summed E-state index contributed by atoms with van der Waals surface area (Å²) in [5, 5.41) is 4.27. The van der Waals surface area contributed by atoms with Crippen molar-refractivity contribution in [1.29, 1.82) is 0 Å². The SMILES string of the molecule is O=c1[nH]c(N2CCCC2)nc2nn(-c3c(F)cccc3F)cc12. The molecule has 0 aliphatic carbocycles. The second-order valence-corrected chi connectivity index (χ2v) is 5.46. The Hall–Kier alpha value is -2.77. The fraction of sp³-hybridized carbons (Fsp3) is 0.267. The first kappa shape index (κ1) is 13.9. The highest BCUT2D eigenvalue weighted by molar-refractivity contribution is 5.74. The lowest BCUT2D eigenvalue weighted by atomic mass is 10.3. The van der Waals surface area contributed by atoms with Crippen molar-refractivity contribution >= 4 is 17.0 Å². The van der Waals surface area contributed by atoms with Gasteiger partial charge in [0.05, 0.1) is 0 Å². The minimum absolute atomic E-state index is 0.165. The standard InChI is InChI=1S/C15H13F2N5O/c16-10-4-3-5-11(17)12(10)22-8-9-13(20-22)18-15(19-14(9)23)21-6-1-2-7-21/h3-5,8H,1-2,6-7H2,(H,18,19,20,23). The third-order valence-corrected chi connectivity index (χ3v) is 3.95. The number of aromatic nitrogens is 4. The quantitative estimate of drug-likeness (QED) is 0.785. The van der Waals surface area contributed by atoms with Crippen LogP contribution in [0.4, 0.5) is 14.7 Å². The van der Waals surface area contributed by atoms with Gasteiger partial charge in [0.2, 0.25) is 5.95 Å². The van der Waals surface area contributed by atoms with E-state index in [0.717, 1.165) is 42.7 Å². The molecule has 118 valence electrons. The van der Waals surface area contributed by atoms with Crippen LogP contribution in [0.25, 0.3) is 16.7 Å². The second-order valence-electron chi connectivity index (χ2n) is 5.46. The molecule has 1 fully saturated rings. The maximum absolute atomic E-state index is 13.9. The van der Waals surface area contributed by atoms with E-state index >= 15 is 0 Å². The number of hydrogen-bond donors (Lipinski definition) is 1. The van der Waals surface area contributed by atoms with Crippen molar-refractivity contribution in [1.82, 2.24) is 19.7 Å². The molecule has 1 aromatic carbocycles. The van der Waals surface area contributed by atoms with Crippen molar-refractivity contribution in [2.24, 2.45) is 0 Å². The van der Waals surface area contributed by atoms with Crippen LogP contribution >= 0.6 is 0 Å². The predicted octanol–water partition coefficient (Wildman–Crippen LogP) is 1.99. The van der Waals surface area contributed by atoms with Crippen LogP contribution in [0.5, 0.6) is 0 Å². The number of anilines is 1. The molecule has 0 radical (unpaired) electrons. The highest BCUT2D eigenvalue weighted by atomic mass is 19.1. The Labute approximate surface area is 129 Å². The Balaban J connectivity index is 1.88. The van der Waals surface area contributed by atoms with E-state index in [9.17, 15) is 13.6 Å². The van der Waals surface area contributed by atoms with E-state index in [-0.39, 0.29) is 22.3 Å². The largest absolute Gasteiger partial charge is 0.342 e. The molecule has 1 saturated heterocycles. The number of benzene rings is 1. The zero-order valence-corrected chi connectivity index (χ0v) is 12.1. The van der Waals surface area contributed by atoms with Gasteiger partial charge in [-0.1, -0.05) is 6.07 Å². The van der Waals surface area contributed by atoms with E-state index in [2.05, 4.69) is 15.1 Å². The molecule has 0 saturated carbocycles. The van der Waals surface area contributed by atoms with Gasteiger partial charge in [0, 0.05) is 19.3 Å². The molecule has 8 heteroatoms. The van der Waals surface area contributed by atoms with Crippen LogP contribution in [-0.2, 0) is 0 Å². The van der Waals surface area contributed by atoms with E-state index < -0.39 is 11.6 Å². The third kappa shape index (κ3) is 2.26. The first-order valence-corrected chi connectivity index (χ1v) is 7.32. The van der Waals surface area contributed by atoms with Crippen molar-refractivity contribution in [3.05, 3.63) is 46.4 Å². The monoisotopic (exact) mass is 317 g/mol. The lowest BCUT2D eigenvalue weighted by molar-refractivity contribution is 0.561. The maximum atomic E-state index is 13.9. The number of halogens is 2. The van der Waals surface area contributed by atoms with Crippen LogP contribution in [0.1, 0.15) is 12.8 Å². The fourth-order valence-electron chi connectivity index (χ4n) is 2.81. The second kappa shape index (κ2) is 5.15. The van der Waals surface area contributed by atoms with Gasteiger partial charge in [0.15, 0.2) is 17.3 Å². The molecule has 0 atom stereocenters. The summed E-state index contributed by atoms with van der Waals surface area (Å²) in [6, 6.07) is 3.55. The number of para-hydroxylation sites is 1. The topological polar surface area (TPSA) is 66.8 Å². The molecule has 23 heavy (non-hydrogen) atoms. The zero-order valence-electron chi connectivity index (χ0n) is 12.1. The smallest absolute Gasteiger partial charge is 0.263 e. The Bertz CT molecular complexity index is 922. The number of H-pyrrole nitrogens is 1. The lowest BCUT2D eigenvalue weighted by Gasteiger charge is -2.14. The molecule has 1 aliphatic heterocycles. The number of fused-ring (bicyclic) bond motifs is 1. The van der Waals surface area contributed by atoms with E-state index in [0.29, 0.717) is 5.95 Å². The number of aromatic amines is 1. The maximum Gasteiger partial charge on any atom is 0.263 e. The molecule has 2 aromatic heterocycles. The van der Waals surface area contributed by atoms with Gasteiger partial charge in [-0.3, -0.25) is 9.78 Å². The Morgan fingerprint density at radius 3 is 2.52 bits per heavy atom. The first-order valence-electron chi connectivity index (χ1n) is 7.32. The minimum atomic E-state index is -0.756. The van der Waals surface area contributed by atoms with Gasteiger partial charge in [0.1, 0.15) is 11.1 Å². The number of nitrogens with one attached hydrogen (secondary N) is 1. The number of nitrogens with zero attached hydrogens (tertiary/aromatic N) is 4. The lowest BCUT2D eigenvalue weighted by Crippen LogP contribution is -2.23. The molecule has 4 rings (SSSR count). The van der Waals surface area contributed by atoms with Crippen LogP contribution in [0.15, 0.2) is 29.2 Å². The van der Waals surface area contributed by atoms with Crippen molar-refractivity contribution in [3.63, 3.8) is 0 Å². The van der Waals surface area contributed by atoms with Gasteiger partial charge in [-0.25, -0.2) is 13.5 Å². The predicted molar refractivity (Wildman–Crippen MR) is 80.8 cm³/mol. The highest BCUT2D eigenvalue weighted by Gasteiger charge is 2.19. The Morgan fingerprint density at radius 1 is 1.13 bits per heavy atom. The zero-order chi connectivity index (χ0) is 16.0. The Kier molecular flexibility index (Phi) is 3.10. The van der Waals surface area contributed by atoms with Gasteiger partial charge < -0.3 is 4.90 Å². The summed E-state index contributed by atoms with van der Waals surface area (Å²) in [7, 11) is 0. The first-order chi connectivity index (χ1) is 11.1. The molecule has 1 N–H and O–H groups in total. The van der Waals surface area contributed by atoms with Crippen molar-refractivity contribution < 1.29 is 8.78 Å². The molecular weight excluding hydrogens is 304 g/mol. The summed E-state index contributed by atoms with van der Waals surface area (Å²) in [4.78, 5) is 21.2. The molecule has 0 bridgehead atoms. The molecule has 3 aromatic rings. The van der Waals surface area contributed by atoms with Crippen molar-refractivity contribution in [2.45, 2.75) is 12.8 Å². The van der Waals surface area contributed by atoms with Gasteiger partial charge in [-0.05, 0) is 25.0 Å². The normalized spacial score (nSPS) is 14.8. The molecule has 1 aliphatic rings. The summed E-state index contributed by atoms with van der Waals surface area (Å²) in [5.74, 6) is -1.07. The third-order valence-electron chi connectivity index (χ3n) is 3.95. The summed E-state index contributed by atoms with van der Waals surface area (Å²) >= 11 is 0. The molecule has 0 unspecified atom stereocenters. The molecule has 0 spiro atoms. The number of hydrogen-bond acceptors (Lipinski definition) is 4. The average molecular weight is 317 g/mol. The van der Waals surface area contributed by atoms with E-state index in [1.807, 2.05) is 4.90 Å². The Morgan fingerprint density at radius 2 is 1.83 bits per heavy atom. The molecular formula is C15H13F2N5O. The molecule has 6 nitrogen and oxygen atoms in total. The summed E-state index contributed by atoms with van der Waals surface area (Å²) in [6.07, 6.45) is 3.36. The summed E-state index contributed by atoms with van der Waals surface area (Å²) in [6.45, 7) is 1.63. The van der Waals surface area contributed by atoms with Crippen LogP contribution < -0.4 is 10.5 Å². The molecule has 0 amide bonds. The summed E-state index contributed by atoms with van der Waals surface area (Å²) in [5.41, 5.74) is -0.536. The van der Waals surface area contributed by atoms with Crippen LogP contribution in [0.2, 0.25) is 0 Å². The van der Waals surface area contributed by atoms with Crippen LogP contribution in [0, 0.1) is 11.6 Å². The van der Waals surface area contributed by atoms with Gasteiger partial charge in [-0.15, -0.1) is 5.10 Å². The van der Waals surface area contributed by atoms with E-state index in [1.165, 1.54) is 12.3 Å². The van der Waals surface area contributed by atoms with Crippen LogP contribution in [-0.4, -0.2) is 32.8 Å². The van der Waals surface area contributed by atoms with Gasteiger partial charge in [0.25, 0.3) is 5.56 Å². The number of rotatable bonds is 2. The van der Waals surface area contributed by atoms with E-state index in [1.54, 1.807) is 0 Å². The highest BCUT2D eigenvalue weighted by Crippen LogP contribution is 2.20. The fourth-order valence-corrected chi connectivity index (χ4v) is 2.81. The van der Waals surface area contributed by atoms with E-state index in [4.69, 9.17) is 0 Å².